The minimum Gasteiger partial charge on any atom is -0.390 e. The van der Waals surface area contributed by atoms with E-state index in [9.17, 15) is 13.2 Å². The summed E-state index contributed by atoms with van der Waals surface area (Å²) >= 11 is 0. The van der Waals surface area contributed by atoms with Crippen LogP contribution in [0.1, 0.15) is 6.92 Å². The second kappa shape index (κ2) is 5.86. The van der Waals surface area contributed by atoms with Crippen LogP contribution in [0.2, 0.25) is 0 Å². The number of rotatable bonds is 4. The predicted octanol–water partition coefficient (Wildman–Crippen LogP) is -1.47. The lowest BCUT2D eigenvalue weighted by Gasteiger charge is -2.07. The third-order valence-corrected chi connectivity index (χ3v) is 1.80. The monoisotopic (exact) mass is 214 g/mol. The van der Waals surface area contributed by atoms with Crippen LogP contribution in [0.3, 0.4) is 0 Å². The molecule has 0 heterocycles. The van der Waals surface area contributed by atoms with E-state index in [-0.39, 0.29) is 18.6 Å². The maximum Gasteiger partial charge on any atom is 0.267 e. The van der Waals surface area contributed by atoms with Crippen molar-refractivity contribution < 1.29 is 22.9 Å². The van der Waals surface area contributed by atoms with Crippen molar-refractivity contribution in [1.82, 2.24) is 11.5 Å². The fourth-order valence-corrected chi connectivity index (χ4v) is 1.17. The molecule has 0 aliphatic carbocycles. The highest BCUT2D eigenvalue weighted by Crippen LogP contribution is 1.88. The molecule has 1 atom stereocenters. The van der Waals surface area contributed by atoms with Crippen molar-refractivity contribution in [1.29, 1.82) is 0 Å². The Hall–Kier alpha value is -0.700. The molecule has 0 saturated heterocycles. The van der Waals surface area contributed by atoms with Gasteiger partial charge in [0.05, 0.1) is 6.10 Å². The van der Waals surface area contributed by atoms with Gasteiger partial charge in [-0.1, -0.05) is 0 Å². The van der Waals surface area contributed by atoms with Crippen molar-refractivity contribution in [2.45, 2.75) is 13.0 Å². The first kappa shape index (κ1) is 14.8. The van der Waals surface area contributed by atoms with Gasteiger partial charge in [-0.25, -0.2) is 0 Å². The SMILES string of the molecule is CC(=O)NCC(O)CS(=O)(=O)O.N. The van der Waals surface area contributed by atoms with Crippen molar-refractivity contribution in [2.24, 2.45) is 0 Å². The Morgan fingerprint density at radius 2 is 2.00 bits per heavy atom. The topological polar surface area (TPSA) is 139 Å². The number of nitrogens with one attached hydrogen (secondary N) is 1. The molecule has 7 nitrogen and oxygen atoms in total. The van der Waals surface area contributed by atoms with Gasteiger partial charge < -0.3 is 16.6 Å². The van der Waals surface area contributed by atoms with Gasteiger partial charge in [-0.2, -0.15) is 8.42 Å². The Labute approximate surface area is 76.5 Å². The van der Waals surface area contributed by atoms with Crippen LogP contribution in [0.4, 0.5) is 0 Å². The van der Waals surface area contributed by atoms with Crippen LogP contribution in [0, 0.1) is 0 Å². The molecule has 1 amide bonds. The van der Waals surface area contributed by atoms with Crippen LogP contribution in [-0.2, 0) is 14.9 Å². The highest BCUT2D eigenvalue weighted by molar-refractivity contribution is 7.85. The van der Waals surface area contributed by atoms with E-state index in [0.29, 0.717) is 0 Å². The quantitative estimate of drug-likeness (QED) is 0.421. The fourth-order valence-electron chi connectivity index (χ4n) is 0.564. The molecule has 0 aromatic heterocycles. The second-order valence-corrected chi connectivity index (χ2v) is 3.84. The first-order valence-corrected chi connectivity index (χ1v) is 4.80. The maximum atomic E-state index is 10.3. The molecule has 0 spiro atoms. The maximum absolute atomic E-state index is 10.3. The molecular weight excluding hydrogens is 200 g/mol. The van der Waals surface area contributed by atoms with E-state index < -0.39 is 22.0 Å². The summed E-state index contributed by atoms with van der Waals surface area (Å²) in [4.78, 5) is 10.3. The zero-order valence-electron chi connectivity index (χ0n) is 7.23. The van der Waals surface area contributed by atoms with E-state index in [1.165, 1.54) is 6.92 Å². The molecule has 0 aliphatic heterocycles. The van der Waals surface area contributed by atoms with Crippen LogP contribution in [0.15, 0.2) is 0 Å². The van der Waals surface area contributed by atoms with E-state index in [4.69, 9.17) is 9.66 Å². The normalized spacial score (nSPS) is 12.8. The smallest absolute Gasteiger partial charge is 0.267 e. The van der Waals surface area contributed by atoms with Crippen LogP contribution < -0.4 is 11.5 Å². The Morgan fingerprint density at radius 3 is 2.31 bits per heavy atom. The van der Waals surface area contributed by atoms with E-state index in [2.05, 4.69) is 5.32 Å². The molecule has 13 heavy (non-hydrogen) atoms. The highest BCUT2D eigenvalue weighted by atomic mass is 32.2. The molecular formula is C5H14N2O5S. The molecule has 0 rings (SSSR count). The summed E-state index contributed by atoms with van der Waals surface area (Å²) < 4.78 is 28.6. The molecule has 0 aliphatic rings. The zero-order chi connectivity index (χ0) is 9.78. The van der Waals surface area contributed by atoms with Crippen LogP contribution >= 0.6 is 0 Å². The lowest BCUT2D eigenvalue weighted by atomic mass is 10.4. The first-order valence-electron chi connectivity index (χ1n) is 3.19. The Kier molecular flexibility index (Phi) is 6.68. The molecule has 0 bridgehead atoms. The summed E-state index contributed by atoms with van der Waals surface area (Å²) in [5, 5.41) is 11.1. The summed E-state index contributed by atoms with van der Waals surface area (Å²) in [7, 11) is -4.17. The molecule has 0 radical (unpaired) electrons. The number of aliphatic hydroxyl groups is 1. The Morgan fingerprint density at radius 1 is 1.54 bits per heavy atom. The predicted molar refractivity (Wildman–Crippen MR) is 46.1 cm³/mol. The van der Waals surface area contributed by atoms with Crippen LogP contribution in [-0.4, -0.2) is 42.4 Å². The Balaban J connectivity index is 0. The third kappa shape index (κ3) is 11.3. The summed E-state index contributed by atoms with van der Waals surface area (Å²) in [5.41, 5.74) is 0. The van der Waals surface area contributed by atoms with E-state index in [0.717, 1.165) is 0 Å². The van der Waals surface area contributed by atoms with Crippen molar-refractivity contribution in [3.63, 3.8) is 0 Å². The van der Waals surface area contributed by atoms with Crippen molar-refractivity contribution >= 4 is 16.0 Å². The average Bonchev–Trinajstić information content (AvgIpc) is 1.79. The highest BCUT2D eigenvalue weighted by Gasteiger charge is 2.13. The summed E-state index contributed by atoms with van der Waals surface area (Å²) in [6.45, 7) is 1.05. The van der Waals surface area contributed by atoms with Gasteiger partial charge in [0.25, 0.3) is 10.1 Å². The van der Waals surface area contributed by atoms with Crippen molar-refractivity contribution in [3.05, 3.63) is 0 Å². The number of aliphatic hydroxyl groups excluding tert-OH is 1. The summed E-state index contributed by atoms with van der Waals surface area (Å²) in [6.07, 6.45) is -1.27. The van der Waals surface area contributed by atoms with Gasteiger partial charge in [-0.15, -0.1) is 0 Å². The second-order valence-electron chi connectivity index (χ2n) is 2.34. The number of carbonyl (C=O) groups excluding carboxylic acids is 1. The Bertz CT molecular complexity index is 250. The molecule has 1 unspecified atom stereocenters. The molecule has 0 aromatic rings. The van der Waals surface area contributed by atoms with Gasteiger partial charge in [-0.3, -0.25) is 9.35 Å². The van der Waals surface area contributed by atoms with Gasteiger partial charge in [-0.05, 0) is 0 Å². The fraction of sp³-hybridized carbons (Fsp3) is 0.800. The van der Waals surface area contributed by atoms with E-state index >= 15 is 0 Å². The number of amides is 1. The van der Waals surface area contributed by atoms with Gasteiger partial charge in [0.1, 0.15) is 5.75 Å². The van der Waals surface area contributed by atoms with Crippen LogP contribution in [0.25, 0.3) is 0 Å². The molecule has 80 valence electrons. The minimum absolute atomic E-state index is 0. The van der Waals surface area contributed by atoms with Gasteiger partial charge >= 0.3 is 0 Å². The molecule has 0 fully saturated rings. The van der Waals surface area contributed by atoms with Crippen molar-refractivity contribution in [3.8, 4) is 0 Å². The van der Waals surface area contributed by atoms with Gasteiger partial charge in [0.15, 0.2) is 0 Å². The standard InChI is InChI=1S/C5H11NO5S.H3N/c1-4(7)6-2-5(8)3-12(9,10)11;/h5,8H,2-3H2,1H3,(H,6,7)(H,9,10,11);1H3. The largest absolute Gasteiger partial charge is 0.390 e. The molecule has 0 saturated carbocycles. The zero-order valence-corrected chi connectivity index (χ0v) is 8.04. The first-order chi connectivity index (χ1) is 5.31. The molecule has 0 aromatic carbocycles. The van der Waals surface area contributed by atoms with Crippen LogP contribution in [0.5, 0.6) is 0 Å². The van der Waals surface area contributed by atoms with Gasteiger partial charge in [0.2, 0.25) is 5.91 Å². The lowest BCUT2D eigenvalue weighted by Crippen LogP contribution is -2.34. The summed E-state index contributed by atoms with van der Waals surface area (Å²) in [5.74, 6) is -1.14. The summed E-state index contributed by atoms with van der Waals surface area (Å²) in [6, 6.07) is 0. The van der Waals surface area contributed by atoms with Crippen molar-refractivity contribution in [2.75, 3.05) is 12.3 Å². The minimum atomic E-state index is -4.17. The lowest BCUT2D eigenvalue weighted by molar-refractivity contribution is -0.119. The third-order valence-electron chi connectivity index (χ3n) is 0.990. The van der Waals surface area contributed by atoms with E-state index in [1.807, 2.05) is 0 Å². The van der Waals surface area contributed by atoms with E-state index in [1.54, 1.807) is 0 Å². The molecule has 8 heteroatoms. The number of carbonyl (C=O) groups is 1. The average molecular weight is 214 g/mol. The van der Waals surface area contributed by atoms with Gasteiger partial charge in [0, 0.05) is 13.5 Å². The number of hydrogen-bond acceptors (Lipinski definition) is 5. The number of hydrogen-bond donors (Lipinski definition) is 4. The molecule has 6 N–H and O–H groups in total.